The molecule has 1 saturated heterocycles. The Bertz CT molecular complexity index is 301. The number of hydrogen-bond acceptors (Lipinski definition) is 1. The fraction of sp³-hybridized carbons (Fsp3) is 0.600. The van der Waals surface area contributed by atoms with Crippen molar-refractivity contribution in [3.63, 3.8) is 0 Å². The lowest BCUT2D eigenvalue weighted by Crippen LogP contribution is -2.34. The van der Waals surface area contributed by atoms with Gasteiger partial charge in [-0.15, -0.1) is 0 Å². The summed E-state index contributed by atoms with van der Waals surface area (Å²) in [4.78, 5) is 2.53. The Morgan fingerprint density at radius 2 is 1.94 bits per heavy atom. The predicted octanol–water partition coefficient (Wildman–Crippen LogP) is 3.75. The molecule has 16 heavy (non-hydrogen) atoms. The lowest BCUT2D eigenvalue weighted by molar-refractivity contribution is 0.194. The molecule has 0 aromatic heterocycles. The summed E-state index contributed by atoms with van der Waals surface area (Å²) in [5.74, 6) is 1.78. The summed E-state index contributed by atoms with van der Waals surface area (Å²) in [7, 11) is 0. The van der Waals surface area contributed by atoms with E-state index in [1.807, 2.05) is 0 Å². The first-order chi connectivity index (χ1) is 7.77. The minimum atomic E-state index is 0.848. The minimum absolute atomic E-state index is 0.848. The zero-order valence-corrected chi connectivity index (χ0v) is 10.5. The van der Waals surface area contributed by atoms with Crippen molar-refractivity contribution in [3.8, 4) is 0 Å². The van der Waals surface area contributed by atoms with Gasteiger partial charge in [-0.25, -0.2) is 0 Å². The van der Waals surface area contributed by atoms with Crippen LogP contribution in [0.4, 0.5) is 0 Å². The Morgan fingerprint density at radius 1 is 1.19 bits per heavy atom. The van der Waals surface area contributed by atoms with Crippen LogP contribution in [0.15, 0.2) is 36.1 Å². The highest BCUT2D eigenvalue weighted by atomic mass is 15.1. The molecule has 2 aliphatic rings. The van der Waals surface area contributed by atoms with Crippen molar-refractivity contribution in [1.82, 2.24) is 4.90 Å². The van der Waals surface area contributed by atoms with Crippen LogP contribution in [-0.2, 0) is 0 Å². The molecule has 0 amide bonds. The lowest BCUT2D eigenvalue weighted by Gasteiger charge is -2.35. The normalized spacial score (nSPS) is 22.4. The summed E-state index contributed by atoms with van der Waals surface area (Å²) in [5, 5.41) is 0. The van der Waals surface area contributed by atoms with Crippen LogP contribution in [0, 0.1) is 11.8 Å². The SMILES string of the molecule is CC(C)C1CCN(C2=CC=CCC=C2)CC1. The van der Waals surface area contributed by atoms with Crippen LogP contribution in [0.3, 0.4) is 0 Å². The molecule has 0 unspecified atom stereocenters. The van der Waals surface area contributed by atoms with Crippen molar-refractivity contribution in [2.24, 2.45) is 11.8 Å². The van der Waals surface area contributed by atoms with Gasteiger partial charge in [-0.1, -0.05) is 32.1 Å². The molecule has 0 bridgehead atoms. The van der Waals surface area contributed by atoms with Gasteiger partial charge in [-0.05, 0) is 43.3 Å². The van der Waals surface area contributed by atoms with Crippen molar-refractivity contribution in [3.05, 3.63) is 36.1 Å². The summed E-state index contributed by atoms with van der Waals surface area (Å²) in [6, 6.07) is 0. The molecule has 0 spiro atoms. The van der Waals surface area contributed by atoms with Crippen LogP contribution < -0.4 is 0 Å². The Morgan fingerprint density at radius 3 is 2.62 bits per heavy atom. The Balaban J connectivity index is 1.93. The Hall–Kier alpha value is -0.980. The van der Waals surface area contributed by atoms with E-state index < -0.39 is 0 Å². The van der Waals surface area contributed by atoms with E-state index in [9.17, 15) is 0 Å². The van der Waals surface area contributed by atoms with Gasteiger partial charge in [-0.2, -0.15) is 0 Å². The van der Waals surface area contributed by atoms with Crippen molar-refractivity contribution in [1.29, 1.82) is 0 Å². The molecular weight excluding hydrogens is 194 g/mol. The molecule has 1 fully saturated rings. The van der Waals surface area contributed by atoms with E-state index in [2.05, 4.69) is 49.1 Å². The minimum Gasteiger partial charge on any atom is -0.372 e. The van der Waals surface area contributed by atoms with Gasteiger partial charge < -0.3 is 4.90 Å². The maximum absolute atomic E-state index is 2.53. The standard InChI is InChI=1S/C15H23N/c1-13(2)14-9-11-16(12-10-14)15-7-5-3-4-6-8-15/h3,5-8,13-14H,4,9-12H2,1-2H3. The van der Waals surface area contributed by atoms with Gasteiger partial charge in [-0.3, -0.25) is 0 Å². The highest BCUT2D eigenvalue weighted by Gasteiger charge is 2.21. The summed E-state index contributed by atoms with van der Waals surface area (Å²) in [6.45, 7) is 7.17. The summed E-state index contributed by atoms with van der Waals surface area (Å²) in [5.41, 5.74) is 1.40. The molecule has 1 heterocycles. The molecule has 1 aliphatic heterocycles. The fourth-order valence-corrected chi connectivity index (χ4v) is 2.60. The van der Waals surface area contributed by atoms with E-state index in [4.69, 9.17) is 0 Å². The van der Waals surface area contributed by atoms with E-state index in [1.54, 1.807) is 0 Å². The molecule has 1 aliphatic carbocycles. The van der Waals surface area contributed by atoms with Gasteiger partial charge in [0.05, 0.1) is 0 Å². The number of allylic oxidation sites excluding steroid dienone is 5. The second-order valence-corrected chi connectivity index (χ2v) is 5.23. The third kappa shape index (κ3) is 2.78. The average molecular weight is 217 g/mol. The highest BCUT2D eigenvalue weighted by Crippen LogP contribution is 2.26. The van der Waals surface area contributed by atoms with E-state index >= 15 is 0 Å². The molecule has 0 saturated carbocycles. The van der Waals surface area contributed by atoms with Crippen molar-refractivity contribution in [2.75, 3.05) is 13.1 Å². The largest absolute Gasteiger partial charge is 0.372 e. The van der Waals surface area contributed by atoms with Crippen LogP contribution >= 0.6 is 0 Å². The molecule has 0 aromatic rings. The van der Waals surface area contributed by atoms with Crippen LogP contribution in [0.25, 0.3) is 0 Å². The summed E-state index contributed by atoms with van der Waals surface area (Å²) < 4.78 is 0. The van der Waals surface area contributed by atoms with Crippen molar-refractivity contribution >= 4 is 0 Å². The van der Waals surface area contributed by atoms with Crippen molar-refractivity contribution in [2.45, 2.75) is 33.1 Å². The maximum Gasteiger partial charge on any atom is 0.0362 e. The smallest absolute Gasteiger partial charge is 0.0362 e. The van der Waals surface area contributed by atoms with Gasteiger partial charge in [0, 0.05) is 18.8 Å². The molecule has 1 heteroatoms. The van der Waals surface area contributed by atoms with Crippen LogP contribution in [0.1, 0.15) is 33.1 Å². The molecule has 0 N–H and O–H groups in total. The molecule has 1 nitrogen and oxygen atoms in total. The number of hydrogen-bond donors (Lipinski definition) is 0. The molecule has 0 aromatic carbocycles. The monoisotopic (exact) mass is 217 g/mol. The number of likely N-dealkylation sites (tertiary alicyclic amines) is 1. The van der Waals surface area contributed by atoms with Gasteiger partial charge in [0.15, 0.2) is 0 Å². The predicted molar refractivity (Wildman–Crippen MR) is 70.1 cm³/mol. The molecule has 88 valence electrons. The van der Waals surface area contributed by atoms with Gasteiger partial charge in [0.25, 0.3) is 0 Å². The maximum atomic E-state index is 2.53. The molecule has 0 radical (unpaired) electrons. The first kappa shape index (κ1) is 11.5. The summed E-state index contributed by atoms with van der Waals surface area (Å²) in [6.07, 6.45) is 15.0. The Kier molecular flexibility index (Phi) is 3.87. The van der Waals surface area contributed by atoms with Crippen LogP contribution in [0.5, 0.6) is 0 Å². The van der Waals surface area contributed by atoms with Crippen LogP contribution in [0.2, 0.25) is 0 Å². The fourth-order valence-electron chi connectivity index (χ4n) is 2.60. The van der Waals surface area contributed by atoms with Gasteiger partial charge >= 0.3 is 0 Å². The topological polar surface area (TPSA) is 3.24 Å². The molecule has 0 atom stereocenters. The van der Waals surface area contributed by atoms with Crippen LogP contribution in [-0.4, -0.2) is 18.0 Å². The van der Waals surface area contributed by atoms with E-state index in [1.165, 1.54) is 31.6 Å². The summed E-state index contributed by atoms with van der Waals surface area (Å²) >= 11 is 0. The van der Waals surface area contributed by atoms with E-state index in [0.717, 1.165) is 18.3 Å². The number of nitrogens with zero attached hydrogens (tertiary/aromatic N) is 1. The molecular formula is C15H23N. The molecule has 2 rings (SSSR count). The van der Waals surface area contributed by atoms with E-state index in [-0.39, 0.29) is 0 Å². The third-order valence-corrected chi connectivity index (χ3v) is 3.81. The third-order valence-electron chi connectivity index (χ3n) is 3.81. The second kappa shape index (κ2) is 5.38. The van der Waals surface area contributed by atoms with Gasteiger partial charge in [0.2, 0.25) is 0 Å². The number of rotatable bonds is 2. The highest BCUT2D eigenvalue weighted by molar-refractivity contribution is 5.26. The Labute approximate surface area is 99.5 Å². The first-order valence-corrected chi connectivity index (χ1v) is 6.55. The second-order valence-electron chi connectivity index (χ2n) is 5.23. The lowest BCUT2D eigenvalue weighted by atomic mass is 9.86. The average Bonchev–Trinajstić information content (AvgIpc) is 2.57. The van der Waals surface area contributed by atoms with E-state index in [0.29, 0.717) is 0 Å². The number of piperidine rings is 1. The zero-order chi connectivity index (χ0) is 11.4. The van der Waals surface area contributed by atoms with Gasteiger partial charge in [0.1, 0.15) is 0 Å². The van der Waals surface area contributed by atoms with Crippen molar-refractivity contribution < 1.29 is 0 Å². The first-order valence-electron chi connectivity index (χ1n) is 6.55. The zero-order valence-electron chi connectivity index (χ0n) is 10.5. The quantitative estimate of drug-likeness (QED) is 0.681.